The smallest absolute Gasteiger partial charge is 0.262 e. The number of anilines is 2. The van der Waals surface area contributed by atoms with Crippen LogP contribution in [0.3, 0.4) is 0 Å². The van der Waals surface area contributed by atoms with E-state index in [-0.39, 0.29) is 23.3 Å². The van der Waals surface area contributed by atoms with Gasteiger partial charge in [0.25, 0.3) is 11.8 Å². The van der Waals surface area contributed by atoms with Gasteiger partial charge < -0.3 is 20.1 Å². The molecule has 0 aliphatic carbocycles. The summed E-state index contributed by atoms with van der Waals surface area (Å²) < 4.78 is 11.4. The summed E-state index contributed by atoms with van der Waals surface area (Å²) in [6.45, 7) is 1.86. The molecule has 0 aromatic heterocycles. The molecular formula is C25H19Cl3N2O4. The fraction of sp³-hybridized carbons (Fsp3) is 0.120. The summed E-state index contributed by atoms with van der Waals surface area (Å²) in [5.41, 5.74) is 3.21. The second kappa shape index (κ2) is 10.4. The van der Waals surface area contributed by atoms with Gasteiger partial charge in [-0.25, -0.2) is 0 Å². The van der Waals surface area contributed by atoms with Crippen LogP contribution >= 0.6 is 34.8 Å². The molecule has 4 rings (SSSR count). The van der Waals surface area contributed by atoms with E-state index in [4.69, 9.17) is 44.3 Å². The minimum absolute atomic E-state index is 0.199. The average molecular weight is 518 g/mol. The highest BCUT2D eigenvalue weighted by atomic mass is 35.5. The largest absolute Gasteiger partial charge is 0.490 e. The van der Waals surface area contributed by atoms with Crippen molar-refractivity contribution in [2.45, 2.75) is 6.92 Å². The first-order valence-electron chi connectivity index (χ1n) is 10.3. The van der Waals surface area contributed by atoms with Crippen molar-refractivity contribution >= 4 is 69.6 Å². The topological polar surface area (TPSA) is 76.7 Å². The predicted octanol–water partition coefficient (Wildman–Crippen LogP) is 6.56. The first-order chi connectivity index (χ1) is 16.4. The van der Waals surface area contributed by atoms with Crippen LogP contribution in [0.15, 0.2) is 54.6 Å². The summed E-state index contributed by atoms with van der Waals surface area (Å²) in [4.78, 5) is 24.8. The monoisotopic (exact) mass is 516 g/mol. The SMILES string of the molecule is CCOc1cc(/C=C2\C(=O)Nc3ccccc32)cc(Cl)c1OCC(=O)Nc1ccc(Cl)c(Cl)c1. The van der Waals surface area contributed by atoms with E-state index in [0.29, 0.717) is 39.2 Å². The Bertz CT molecular complexity index is 1310. The molecule has 9 heteroatoms. The van der Waals surface area contributed by atoms with Gasteiger partial charge in [-0.2, -0.15) is 0 Å². The lowest BCUT2D eigenvalue weighted by Gasteiger charge is -2.15. The normalized spacial score (nSPS) is 13.4. The summed E-state index contributed by atoms with van der Waals surface area (Å²) in [5.74, 6) is -0.0287. The van der Waals surface area contributed by atoms with Gasteiger partial charge in [0, 0.05) is 22.5 Å². The van der Waals surface area contributed by atoms with Gasteiger partial charge >= 0.3 is 0 Å². The average Bonchev–Trinajstić information content (AvgIpc) is 3.11. The van der Waals surface area contributed by atoms with E-state index in [2.05, 4.69) is 10.6 Å². The lowest BCUT2D eigenvalue weighted by molar-refractivity contribution is -0.118. The van der Waals surface area contributed by atoms with Crippen molar-refractivity contribution in [3.63, 3.8) is 0 Å². The van der Waals surface area contributed by atoms with Crippen molar-refractivity contribution in [2.75, 3.05) is 23.8 Å². The maximum absolute atomic E-state index is 12.4. The number of halogens is 3. The molecule has 1 heterocycles. The van der Waals surface area contributed by atoms with Crippen molar-refractivity contribution in [1.82, 2.24) is 0 Å². The Morgan fingerprint density at radius 1 is 1.00 bits per heavy atom. The van der Waals surface area contributed by atoms with Gasteiger partial charge in [-0.1, -0.05) is 53.0 Å². The van der Waals surface area contributed by atoms with E-state index in [0.717, 1.165) is 11.3 Å². The van der Waals surface area contributed by atoms with E-state index in [1.54, 1.807) is 36.4 Å². The van der Waals surface area contributed by atoms with Crippen LogP contribution in [-0.4, -0.2) is 25.0 Å². The number of fused-ring (bicyclic) bond motifs is 1. The zero-order valence-electron chi connectivity index (χ0n) is 18.0. The van der Waals surface area contributed by atoms with Crippen LogP contribution in [0, 0.1) is 0 Å². The zero-order valence-corrected chi connectivity index (χ0v) is 20.2. The summed E-state index contributed by atoms with van der Waals surface area (Å²) >= 11 is 18.4. The summed E-state index contributed by atoms with van der Waals surface area (Å²) in [6.07, 6.45) is 1.73. The van der Waals surface area contributed by atoms with Gasteiger partial charge in [0.15, 0.2) is 18.1 Å². The molecule has 0 atom stereocenters. The molecule has 0 bridgehead atoms. The van der Waals surface area contributed by atoms with Crippen LogP contribution in [0.4, 0.5) is 11.4 Å². The number of carbonyl (C=O) groups excluding carboxylic acids is 2. The van der Waals surface area contributed by atoms with Crippen molar-refractivity contribution in [3.8, 4) is 11.5 Å². The molecule has 0 radical (unpaired) electrons. The maximum Gasteiger partial charge on any atom is 0.262 e. The Labute approximate surface area is 211 Å². The first-order valence-corrected chi connectivity index (χ1v) is 11.5. The van der Waals surface area contributed by atoms with Gasteiger partial charge in [0.2, 0.25) is 0 Å². The Balaban J connectivity index is 1.54. The Morgan fingerprint density at radius 2 is 1.79 bits per heavy atom. The number of hydrogen-bond acceptors (Lipinski definition) is 4. The van der Waals surface area contributed by atoms with E-state index >= 15 is 0 Å². The molecule has 0 saturated heterocycles. The van der Waals surface area contributed by atoms with Gasteiger partial charge in [0.05, 0.1) is 21.7 Å². The quantitative estimate of drug-likeness (QED) is 0.348. The van der Waals surface area contributed by atoms with Gasteiger partial charge in [0.1, 0.15) is 0 Å². The van der Waals surface area contributed by atoms with Crippen LogP contribution in [0.2, 0.25) is 15.1 Å². The van der Waals surface area contributed by atoms with E-state index in [1.165, 1.54) is 0 Å². The van der Waals surface area contributed by atoms with Crippen LogP contribution in [-0.2, 0) is 9.59 Å². The predicted molar refractivity (Wildman–Crippen MR) is 136 cm³/mol. The number of benzene rings is 3. The van der Waals surface area contributed by atoms with Crippen molar-refractivity contribution in [2.24, 2.45) is 0 Å². The second-order valence-corrected chi connectivity index (χ2v) is 8.51. The van der Waals surface area contributed by atoms with Gasteiger partial charge in [-0.05, 0) is 55.0 Å². The number of hydrogen-bond donors (Lipinski definition) is 2. The van der Waals surface area contributed by atoms with E-state index in [9.17, 15) is 9.59 Å². The van der Waals surface area contributed by atoms with Crippen LogP contribution in [0.5, 0.6) is 11.5 Å². The second-order valence-electron chi connectivity index (χ2n) is 7.29. The van der Waals surface area contributed by atoms with Crippen LogP contribution < -0.4 is 20.1 Å². The molecular weight excluding hydrogens is 499 g/mol. The van der Waals surface area contributed by atoms with Gasteiger partial charge in [-0.15, -0.1) is 0 Å². The zero-order chi connectivity index (χ0) is 24.2. The molecule has 6 nitrogen and oxygen atoms in total. The molecule has 0 fully saturated rings. The highest BCUT2D eigenvalue weighted by Crippen LogP contribution is 2.39. The van der Waals surface area contributed by atoms with Crippen molar-refractivity contribution in [3.05, 3.63) is 80.8 Å². The molecule has 174 valence electrons. The molecule has 0 saturated carbocycles. The molecule has 3 aromatic rings. The van der Waals surface area contributed by atoms with Crippen molar-refractivity contribution < 1.29 is 19.1 Å². The van der Waals surface area contributed by atoms with Crippen LogP contribution in [0.25, 0.3) is 11.6 Å². The highest BCUT2D eigenvalue weighted by molar-refractivity contribution is 6.42. The number of ether oxygens (including phenoxy) is 2. The van der Waals surface area contributed by atoms with E-state index in [1.807, 2.05) is 31.2 Å². The summed E-state index contributed by atoms with van der Waals surface area (Å²) in [7, 11) is 0. The Morgan fingerprint density at radius 3 is 2.56 bits per heavy atom. The van der Waals surface area contributed by atoms with Crippen LogP contribution in [0.1, 0.15) is 18.1 Å². The third-order valence-electron chi connectivity index (χ3n) is 4.90. The number of rotatable bonds is 7. The third kappa shape index (κ3) is 5.30. The highest BCUT2D eigenvalue weighted by Gasteiger charge is 2.24. The van der Waals surface area contributed by atoms with E-state index < -0.39 is 5.91 Å². The Kier molecular flexibility index (Phi) is 7.32. The number of nitrogens with one attached hydrogen (secondary N) is 2. The molecule has 1 aliphatic rings. The molecule has 0 spiro atoms. The molecule has 1 aliphatic heterocycles. The van der Waals surface area contributed by atoms with Crippen molar-refractivity contribution in [1.29, 1.82) is 0 Å². The molecule has 3 aromatic carbocycles. The maximum atomic E-state index is 12.4. The lowest BCUT2D eigenvalue weighted by atomic mass is 10.0. The number of carbonyl (C=O) groups is 2. The summed E-state index contributed by atoms with van der Waals surface area (Å²) in [6, 6.07) is 15.5. The molecule has 2 amide bonds. The minimum atomic E-state index is -0.415. The third-order valence-corrected chi connectivity index (χ3v) is 5.92. The minimum Gasteiger partial charge on any atom is -0.490 e. The number of para-hydroxylation sites is 1. The molecule has 2 N–H and O–H groups in total. The van der Waals surface area contributed by atoms with Gasteiger partial charge in [-0.3, -0.25) is 9.59 Å². The fourth-order valence-corrected chi connectivity index (χ4v) is 4.00. The first kappa shape index (κ1) is 24.0. The fourth-order valence-electron chi connectivity index (χ4n) is 3.43. The molecule has 34 heavy (non-hydrogen) atoms. The standard InChI is InChI=1S/C25H19Cl3N2O4/c1-2-33-22-11-14(9-17-16-5-3-4-6-21(16)30-25(17)32)10-20(28)24(22)34-13-23(31)29-15-7-8-18(26)19(27)12-15/h3-12H,2,13H2,1H3,(H,29,31)(H,30,32)/b17-9-. The molecule has 0 unspecified atom stereocenters. The number of amides is 2. The Hall–Kier alpha value is -3.19. The lowest BCUT2D eigenvalue weighted by Crippen LogP contribution is -2.20. The summed E-state index contributed by atoms with van der Waals surface area (Å²) in [5, 5.41) is 6.47.